The summed E-state index contributed by atoms with van der Waals surface area (Å²) in [5.74, 6) is 1.33. The van der Waals surface area contributed by atoms with Crippen molar-refractivity contribution in [1.29, 1.82) is 0 Å². The van der Waals surface area contributed by atoms with E-state index in [1.165, 1.54) is 102 Å². The summed E-state index contributed by atoms with van der Waals surface area (Å²) in [6.07, 6.45) is 22.3. The molecule has 0 spiro atoms. The number of phenols is 1. The third-order valence-corrected chi connectivity index (χ3v) is 5.70. The molecule has 150 valence electrons. The predicted molar refractivity (Wildman–Crippen MR) is 116 cm³/mol. The molecule has 0 aliphatic rings. The van der Waals surface area contributed by atoms with Crippen molar-refractivity contribution >= 4 is 0 Å². The Labute approximate surface area is 163 Å². The summed E-state index contributed by atoms with van der Waals surface area (Å²) in [7, 11) is 0. The van der Waals surface area contributed by atoms with E-state index in [9.17, 15) is 5.11 Å². The average molecular weight is 361 g/mol. The molecule has 1 N–H and O–H groups in total. The second-order valence-electron chi connectivity index (χ2n) is 8.18. The Morgan fingerprint density at radius 3 is 1.58 bits per heavy atom. The number of benzene rings is 1. The number of phenolic OH excluding ortho intramolecular Hbond substituents is 1. The molecule has 0 aliphatic carbocycles. The second kappa shape index (κ2) is 16.2. The molecule has 0 radical (unpaired) electrons. The molecular weight excluding hydrogens is 316 g/mol. The minimum Gasteiger partial charge on any atom is -0.508 e. The first-order chi connectivity index (χ1) is 12.8. The van der Waals surface area contributed by atoms with E-state index in [1.54, 1.807) is 0 Å². The van der Waals surface area contributed by atoms with Gasteiger partial charge >= 0.3 is 0 Å². The largest absolute Gasteiger partial charge is 0.508 e. The standard InChI is InChI=1S/C25H44O/c1-3-5-7-9-11-15-23(16-12-10-8-6-4-2)17-13-14-18-24-19-21-25(26)22-20-24/h19-23,26H,3-18H2,1-2H3. The molecule has 26 heavy (non-hydrogen) atoms. The Bertz CT molecular complexity index is 395. The van der Waals surface area contributed by atoms with Gasteiger partial charge in [-0.1, -0.05) is 116 Å². The van der Waals surface area contributed by atoms with Gasteiger partial charge in [0.05, 0.1) is 0 Å². The number of aryl methyl sites for hydroxylation is 1. The number of hydrogen-bond acceptors (Lipinski definition) is 1. The molecule has 0 bridgehead atoms. The van der Waals surface area contributed by atoms with Crippen LogP contribution in [0.25, 0.3) is 0 Å². The normalized spacial score (nSPS) is 11.3. The van der Waals surface area contributed by atoms with E-state index in [0.717, 1.165) is 12.3 Å². The van der Waals surface area contributed by atoms with Crippen LogP contribution in [0.2, 0.25) is 0 Å². The maximum atomic E-state index is 9.37. The Kier molecular flexibility index (Phi) is 14.4. The molecule has 0 unspecified atom stereocenters. The average Bonchev–Trinajstić information content (AvgIpc) is 2.65. The minimum atomic E-state index is 0.375. The highest BCUT2D eigenvalue weighted by molar-refractivity contribution is 5.25. The first kappa shape index (κ1) is 23.1. The van der Waals surface area contributed by atoms with Crippen molar-refractivity contribution in [2.75, 3.05) is 0 Å². The zero-order chi connectivity index (χ0) is 18.9. The van der Waals surface area contributed by atoms with E-state index in [4.69, 9.17) is 0 Å². The van der Waals surface area contributed by atoms with Crippen molar-refractivity contribution in [2.45, 2.75) is 117 Å². The fraction of sp³-hybridized carbons (Fsp3) is 0.760. The molecule has 0 aliphatic heterocycles. The fourth-order valence-corrected chi connectivity index (χ4v) is 3.93. The van der Waals surface area contributed by atoms with Crippen molar-refractivity contribution in [1.82, 2.24) is 0 Å². The summed E-state index contributed by atoms with van der Waals surface area (Å²) in [4.78, 5) is 0. The summed E-state index contributed by atoms with van der Waals surface area (Å²) < 4.78 is 0. The first-order valence-corrected chi connectivity index (χ1v) is 11.5. The van der Waals surface area contributed by atoms with Crippen LogP contribution in [-0.4, -0.2) is 5.11 Å². The predicted octanol–water partition coefficient (Wildman–Crippen LogP) is 8.44. The molecular formula is C25H44O. The van der Waals surface area contributed by atoms with Crippen molar-refractivity contribution in [3.8, 4) is 5.75 Å². The maximum Gasteiger partial charge on any atom is 0.115 e. The van der Waals surface area contributed by atoms with E-state index in [-0.39, 0.29) is 0 Å². The molecule has 0 saturated carbocycles. The minimum absolute atomic E-state index is 0.375. The van der Waals surface area contributed by atoms with Crippen LogP contribution < -0.4 is 0 Å². The van der Waals surface area contributed by atoms with Gasteiger partial charge in [-0.2, -0.15) is 0 Å². The van der Waals surface area contributed by atoms with Crippen LogP contribution in [0.4, 0.5) is 0 Å². The summed E-state index contributed by atoms with van der Waals surface area (Å²) in [5.41, 5.74) is 1.36. The van der Waals surface area contributed by atoms with Crippen LogP contribution in [0.15, 0.2) is 24.3 Å². The lowest BCUT2D eigenvalue weighted by Crippen LogP contribution is -2.02. The van der Waals surface area contributed by atoms with Crippen molar-refractivity contribution in [3.63, 3.8) is 0 Å². The lowest BCUT2D eigenvalue weighted by atomic mass is 9.89. The van der Waals surface area contributed by atoms with Gasteiger partial charge in [0.25, 0.3) is 0 Å². The highest BCUT2D eigenvalue weighted by Gasteiger charge is 2.09. The fourth-order valence-electron chi connectivity index (χ4n) is 3.93. The molecule has 0 aromatic heterocycles. The molecule has 1 aromatic carbocycles. The summed E-state index contributed by atoms with van der Waals surface area (Å²) in [6.45, 7) is 4.60. The number of unbranched alkanes of at least 4 members (excludes halogenated alkanes) is 9. The smallest absolute Gasteiger partial charge is 0.115 e. The Hall–Kier alpha value is -0.980. The van der Waals surface area contributed by atoms with Gasteiger partial charge in [-0.25, -0.2) is 0 Å². The van der Waals surface area contributed by atoms with Crippen LogP contribution >= 0.6 is 0 Å². The molecule has 0 saturated heterocycles. The summed E-state index contributed by atoms with van der Waals surface area (Å²) in [6, 6.07) is 7.75. The molecule has 1 heteroatoms. The highest BCUT2D eigenvalue weighted by atomic mass is 16.3. The number of aromatic hydroxyl groups is 1. The van der Waals surface area contributed by atoms with E-state index < -0.39 is 0 Å². The first-order valence-electron chi connectivity index (χ1n) is 11.5. The molecule has 0 heterocycles. The lowest BCUT2D eigenvalue weighted by molar-refractivity contribution is 0.369. The van der Waals surface area contributed by atoms with Crippen molar-refractivity contribution in [3.05, 3.63) is 29.8 Å². The summed E-state index contributed by atoms with van der Waals surface area (Å²) >= 11 is 0. The monoisotopic (exact) mass is 360 g/mol. The van der Waals surface area contributed by atoms with Crippen LogP contribution in [0, 0.1) is 5.92 Å². The van der Waals surface area contributed by atoms with E-state index in [0.29, 0.717) is 5.75 Å². The van der Waals surface area contributed by atoms with Gasteiger partial charge in [-0.3, -0.25) is 0 Å². The quantitative estimate of drug-likeness (QED) is 0.276. The van der Waals surface area contributed by atoms with Gasteiger partial charge in [0.15, 0.2) is 0 Å². The molecule has 1 rings (SSSR count). The lowest BCUT2D eigenvalue weighted by Gasteiger charge is -2.17. The molecule has 1 aromatic rings. The van der Waals surface area contributed by atoms with Gasteiger partial charge in [-0.05, 0) is 36.5 Å². The molecule has 0 atom stereocenters. The van der Waals surface area contributed by atoms with E-state index in [2.05, 4.69) is 26.0 Å². The number of hydrogen-bond donors (Lipinski definition) is 1. The maximum absolute atomic E-state index is 9.37. The topological polar surface area (TPSA) is 20.2 Å². The third-order valence-electron chi connectivity index (χ3n) is 5.70. The van der Waals surface area contributed by atoms with Gasteiger partial charge in [-0.15, -0.1) is 0 Å². The van der Waals surface area contributed by atoms with Gasteiger partial charge in [0, 0.05) is 0 Å². The Morgan fingerprint density at radius 2 is 1.08 bits per heavy atom. The van der Waals surface area contributed by atoms with Crippen LogP contribution in [0.5, 0.6) is 5.75 Å². The number of rotatable bonds is 17. The van der Waals surface area contributed by atoms with Gasteiger partial charge < -0.3 is 5.11 Å². The Morgan fingerprint density at radius 1 is 0.615 bits per heavy atom. The van der Waals surface area contributed by atoms with E-state index >= 15 is 0 Å². The van der Waals surface area contributed by atoms with E-state index in [1.807, 2.05) is 12.1 Å². The van der Waals surface area contributed by atoms with Gasteiger partial charge in [0.1, 0.15) is 5.75 Å². The highest BCUT2D eigenvalue weighted by Crippen LogP contribution is 2.24. The second-order valence-corrected chi connectivity index (χ2v) is 8.18. The Balaban J connectivity index is 2.21. The molecule has 1 nitrogen and oxygen atoms in total. The molecule has 0 fully saturated rings. The SMILES string of the molecule is CCCCCCCC(CCCCCCC)CCCCc1ccc(O)cc1. The van der Waals surface area contributed by atoms with Gasteiger partial charge in [0.2, 0.25) is 0 Å². The zero-order valence-corrected chi connectivity index (χ0v) is 17.6. The molecule has 0 amide bonds. The van der Waals surface area contributed by atoms with Crippen LogP contribution in [0.1, 0.15) is 116 Å². The zero-order valence-electron chi connectivity index (χ0n) is 17.6. The van der Waals surface area contributed by atoms with Crippen molar-refractivity contribution < 1.29 is 5.11 Å². The van der Waals surface area contributed by atoms with Crippen LogP contribution in [0.3, 0.4) is 0 Å². The van der Waals surface area contributed by atoms with Crippen LogP contribution in [-0.2, 0) is 6.42 Å². The van der Waals surface area contributed by atoms with Crippen molar-refractivity contribution in [2.24, 2.45) is 5.92 Å². The summed E-state index contributed by atoms with van der Waals surface area (Å²) in [5, 5.41) is 9.37. The third kappa shape index (κ3) is 12.4.